The summed E-state index contributed by atoms with van der Waals surface area (Å²) >= 11 is 0. The molecule has 0 amide bonds. The van der Waals surface area contributed by atoms with Gasteiger partial charge in [0.1, 0.15) is 0 Å². The molecule has 2 N–H and O–H groups in total. The van der Waals surface area contributed by atoms with Gasteiger partial charge in [-0.1, -0.05) is 24.3 Å². The van der Waals surface area contributed by atoms with Crippen molar-refractivity contribution in [3.05, 3.63) is 47.5 Å². The summed E-state index contributed by atoms with van der Waals surface area (Å²) in [6.07, 6.45) is 0. The Hall–Kier alpha value is -1.22. The lowest BCUT2D eigenvalue weighted by atomic mass is 10.0. The van der Waals surface area contributed by atoms with Gasteiger partial charge in [-0.3, -0.25) is 0 Å². The highest BCUT2D eigenvalue weighted by molar-refractivity contribution is 5.27. The van der Waals surface area contributed by atoms with Crippen molar-refractivity contribution in [1.29, 1.82) is 0 Å². The molecule has 1 nitrogen and oxygen atoms in total. The van der Waals surface area contributed by atoms with Crippen molar-refractivity contribution in [3.63, 3.8) is 0 Å². The van der Waals surface area contributed by atoms with E-state index in [9.17, 15) is 8.78 Å². The van der Waals surface area contributed by atoms with E-state index < -0.39 is 17.7 Å². The molecule has 1 aromatic carbocycles. The molecule has 70 valence electrons. The van der Waals surface area contributed by atoms with Gasteiger partial charge in [0.05, 0.1) is 6.04 Å². The molecule has 0 radical (unpaired) electrons. The largest absolute Gasteiger partial charge is 0.320 e. The van der Waals surface area contributed by atoms with Crippen LogP contribution in [0.3, 0.4) is 0 Å². The van der Waals surface area contributed by atoms with Crippen molar-refractivity contribution < 1.29 is 8.78 Å². The Labute approximate surface area is 75.9 Å². The van der Waals surface area contributed by atoms with E-state index >= 15 is 0 Å². The van der Waals surface area contributed by atoms with Crippen LogP contribution in [0.1, 0.15) is 18.5 Å². The summed E-state index contributed by atoms with van der Waals surface area (Å²) < 4.78 is 25.9. The van der Waals surface area contributed by atoms with E-state index in [0.717, 1.165) is 6.07 Å². The van der Waals surface area contributed by atoms with Crippen LogP contribution in [-0.2, 0) is 0 Å². The first-order chi connectivity index (χ1) is 6.04. The van der Waals surface area contributed by atoms with E-state index in [1.165, 1.54) is 12.1 Å². The lowest BCUT2D eigenvalue weighted by Gasteiger charge is -2.12. The van der Waals surface area contributed by atoms with E-state index in [-0.39, 0.29) is 5.56 Å². The average molecular weight is 183 g/mol. The van der Waals surface area contributed by atoms with Gasteiger partial charge in [-0.05, 0) is 13.0 Å². The molecule has 1 unspecified atom stereocenters. The minimum atomic E-state index is -0.891. The highest BCUT2D eigenvalue weighted by Crippen LogP contribution is 2.21. The fourth-order valence-corrected chi connectivity index (χ4v) is 1.03. The summed E-state index contributed by atoms with van der Waals surface area (Å²) in [5, 5.41) is 0. The first-order valence-electron chi connectivity index (χ1n) is 3.89. The van der Waals surface area contributed by atoms with Gasteiger partial charge in [-0.25, -0.2) is 8.78 Å². The van der Waals surface area contributed by atoms with Gasteiger partial charge in [0, 0.05) is 5.56 Å². The zero-order chi connectivity index (χ0) is 10.0. The van der Waals surface area contributed by atoms with Crippen LogP contribution in [0.5, 0.6) is 0 Å². The van der Waals surface area contributed by atoms with Gasteiger partial charge < -0.3 is 5.73 Å². The van der Waals surface area contributed by atoms with Gasteiger partial charge >= 0.3 is 0 Å². The third kappa shape index (κ3) is 1.92. The fraction of sp³-hybridized carbons (Fsp3) is 0.200. The van der Waals surface area contributed by atoms with Crippen molar-refractivity contribution in [2.75, 3.05) is 0 Å². The monoisotopic (exact) mass is 183 g/mol. The van der Waals surface area contributed by atoms with E-state index in [1.54, 1.807) is 6.92 Å². The Kier molecular flexibility index (Phi) is 2.78. The molecule has 13 heavy (non-hydrogen) atoms. The molecule has 1 atom stereocenters. The second-order valence-electron chi connectivity index (χ2n) is 2.97. The fourth-order valence-electron chi connectivity index (χ4n) is 1.03. The molecule has 0 fully saturated rings. The quantitative estimate of drug-likeness (QED) is 0.700. The van der Waals surface area contributed by atoms with Gasteiger partial charge in [0.2, 0.25) is 0 Å². The number of benzene rings is 1. The average Bonchev–Trinajstić information content (AvgIpc) is 2.08. The number of hydrogen-bond donors (Lipinski definition) is 1. The minimum absolute atomic E-state index is 0.146. The molecule has 0 aliphatic carbocycles. The SMILES string of the molecule is C=C(C)C(N)c1cccc(F)c1F. The number of rotatable bonds is 2. The molecule has 0 aliphatic rings. The lowest BCUT2D eigenvalue weighted by Crippen LogP contribution is -2.13. The Morgan fingerprint density at radius 2 is 2.08 bits per heavy atom. The van der Waals surface area contributed by atoms with E-state index in [4.69, 9.17) is 5.73 Å². The first-order valence-corrected chi connectivity index (χ1v) is 3.89. The molecule has 0 saturated heterocycles. The predicted molar refractivity (Wildman–Crippen MR) is 48.1 cm³/mol. The molecule has 0 spiro atoms. The van der Waals surface area contributed by atoms with Crippen molar-refractivity contribution in [1.82, 2.24) is 0 Å². The molecule has 0 heterocycles. The number of halogens is 2. The van der Waals surface area contributed by atoms with E-state index in [2.05, 4.69) is 6.58 Å². The zero-order valence-electron chi connectivity index (χ0n) is 7.35. The Balaban J connectivity index is 3.15. The second-order valence-corrected chi connectivity index (χ2v) is 2.97. The molecule has 0 aliphatic heterocycles. The van der Waals surface area contributed by atoms with Crippen molar-refractivity contribution >= 4 is 0 Å². The third-order valence-electron chi connectivity index (χ3n) is 1.85. The maximum absolute atomic E-state index is 13.1. The van der Waals surface area contributed by atoms with Crippen molar-refractivity contribution in [3.8, 4) is 0 Å². The lowest BCUT2D eigenvalue weighted by molar-refractivity contribution is 0.494. The zero-order valence-corrected chi connectivity index (χ0v) is 7.35. The Bertz CT molecular complexity index is 334. The van der Waals surface area contributed by atoms with Gasteiger partial charge in [0.15, 0.2) is 11.6 Å². The molecule has 0 aromatic heterocycles. The Morgan fingerprint density at radius 3 is 2.62 bits per heavy atom. The van der Waals surface area contributed by atoms with Crippen LogP contribution in [0.15, 0.2) is 30.4 Å². The summed E-state index contributed by atoms with van der Waals surface area (Å²) in [5.74, 6) is -1.77. The van der Waals surface area contributed by atoms with E-state index in [1.807, 2.05) is 0 Å². The highest BCUT2D eigenvalue weighted by atomic mass is 19.2. The molecule has 1 rings (SSSR count). The summed E-state index contributed by atoms with van der Waals surface area (Å²) in [5.41, 5.74) is 6.35. The van der Waals surface area contributed by atoms with E-state index in [0.29, 0.717) is 5.57 Å². The molecular weight excluding hydrogens is 172 g/mol. The molecule has 0 bridgehead atoms. The smallest absolute Gasteiger partial charge is 0.163 e. The normalized spacial score (nSPS) is 12.6. The van der Waals surface area contributed by atoms with Crippen LogP contribution >= 0.6 is 0 Å². The van der Waals surface area contributed by atoms with Gasteiger partial charge in [0.25, 0.3) is 0 Å². The van der Waals surface area contributed by atoms with Crippen LogP contribution < -0.4 is 5.73 Å². The van der Waals surface area contributed by atoms with Crippen LogP contribution in [-0.4, -0.2) is 0 Å². The third-order valence-corrected chi connectivity index (χ3v) is 1.85. The molecule has 1 aromatic rings. The Morgan fingerprint density at radius 1 is 1.46 bits per heavy atom. The van der Waals surface area contributed by atoms with Crippen molar-refractivity contribution in [2.45, 2.75) is 13.0 Å². The van der Waals surface area contributed by atoms with Crippen LogP contribution in [0.2, 0.25) is 0 Å². The van der Waals surface area contributed by atoms with Crippen LogP contribution in [0.25, 0.3) is 0 Å². The highest BCUT2D eigenvalue weighted by Gasteiger charge is 2.14. The minimum Gasteiger partial charge on any atom is -0.320 e. The molecular formula is C10H11F2N. The summed E-state index contributed by atoms with van der Waals surface area (Å²) in [7, 11) is 0. The van der Waals surface area contributed by atoms with Crippen LogP contribution in [0, 0.1) is 11.6 Å². The van der Waals surface area contributed by atoms with Gasteiger partial charge in [-0.15, -0.1) is 0 Å². The topological polar surface area (TPSA) is 26.0 Å². The molecule has 0 saturated carbocycles. The predicted octanol–water partition coefficient (Wildman–Crippen LogP) is 2.54. The second kappa shape index (κ2) is 3.66. The summed E-state index contributed by atoms with van der Waals surface area (Å²) in [4.78, 5) is 0. The maximum Gasteiger partial charge on any atom is 0.163 e. The maximum atomic E-state index is 13.1. The number of nitrogens with two attached hydrogens (primary N) is 1. The van der Waals surface area contributed by atoms with Crippen LogP contribution in [0.4, 0.5) is 8.78 Å². The van der Waals surface area contributed by atoms with Gasteiger partial charge in [-0.2, -0.15) is 0 Å². The number of hydrogen-bond acceptors (Lipinski definition) is 1. The standard InChI is InChI=1S/C10H11F2N/c1-6(2)10(13)7-4-3-5-8(11)9(7)12/h3-5,10H,1,13H2,2H3. The summed E-state index contributed by atoms with van der Waals surface area (Å²) in [6, 6.07) is 3.30. The summed E-state index contributed by atoms with van der Waals surface area (Å²) in [6.45, 7) is 5.26. The van der Waals surface area contributed by atoms with Crippen molar-refractivity contribution in [2.24, 2.45) is 5.73 Å². The first kappa shape index (κ1) is 9.86. The molecule has 3 heteroatoms.